The molecule has 1 atom stereocenters. The van der Waals surface area contributed by atoms with Crippen LogP contribution in [0.15, 0.2) is 48.5 Å². The molecule has 7 nitrogen and oxygen atoms in total. The van der Waals surface area contributed by atoms with Gasteiger partial charge in [0.2, 0.25) is 5.91 Å². The molecule has 0 aliphatic carbocycles. The Bertz CT molecular complexity index is 913. The molecule has 0 aromatic heterocycles. The van der Waals surface area contributed by atoms with Crippen molar-refractivity contribution in [2.75, 3.05) is 23.4 Å². The minimum atomic E-state index is -0.601. The summed E-state index contributed by atoms with van der Waals surface area (Å²) < 4.78 is 5.11. The Morgan fingerprint density at radius 1 is 1.18 bits per heavy atom. The molecular formula is C21H21N3O4. The van der Waals surface area contributed by atoms with Gasteiger partial charge in [-0.3, -0.25) is 9.59 Å². The van der Waals surface area contributed by atoms with E-state index in [9.17, 15) is 14.4 Å². The van der Waals surface area contributed by atoms with Gasteiger partial charge >= 0.3 is 5.97 Å². The first-order valence-corrected chi connectivity index (χ1v) is 9.31. The number of fused-ring (bicyclic) bond motifs is 3. The van der Waals surface area contributed by atoms with Gasteiger partial charge in [-0.1, -0.05) is 30.3 Å². The van der Waals surface area contributed by atoms with Gasteiger partial charge in [0.25, 0.3) is 5.91 Å². The normalized spacial score (nSPS) is 17.4. The molecule has 0 unspecified atom stereocenters. The number of hydrogen-bond acceptors (Lipinski definition) is 5. The van der Waals surface area contributed by atoms with E-state index in [0.29, 0.717) is 17.8 Å². The second-order valence-electron chi connectivity index (χ2n) is 6.91. The topological polar surface area (TPSA) is 87.7 Å². The second kappa shape index (κ2) is 7.72. The highest BCUT2D eigenvalue weighted by Crippen LogP contribution is 2.37. The summed E-state index contributed by atoms with van der Waals surface area (Å²) in [6.07, 6.45) is 1.81. The van der Waals surface area contributed by atoms with Crippen molar-refractivity contribution in [1.82, 2.24) is 5.32 Å². The minimum absolute atomic E-state index is 0.0455. The average Bonchev–Trinajstić information content (AvgIpc) is 3.22. The van der Waals surface area contributed by atoms with Gasteiger partial charge in [-0.15, -0.1) is 0 Å². The van der Waals surface area contributed by atoms with Crippen LogP contribution in [-0.4, -0.2) is 37.0 Å². The Kier molecular flexibility index (Phi) is 4.97. The van der Waals surface area contributed by atoms with Crippen LogP contribution in [0.5, 0.6) is 0 Å². The summed E-state index contributed by atoms with van der Waals surface area (Å²) in [5.41, 5.74) is 2.78. The molecule has 2 aromatic carbocycles. The number of esters is 1. The monoisotopic (exact) mass is 379 g/mol. The van der Waals surface area contributed by atoms with Crippen molar-refractivity contribution in [3.05, 3.63) is 59.7 Å². The maximum absolute atomic E-state index is 12.3. The standard InChI is InChI=1S/C21H21N3O4/c25-19(22-12-14-5-2-1-3-6-14)13-28-21(27)15-8-9-17-16(11-15)23-20(26)18-7-4-10-24(17)18/h1-3,5-6,8-9,11,18H,4,7,10,12-13H2,(H,22,25)(H,23,26)/t18-/m0/s1. The van der Waals surface area contributed by atoms with Gasteiger partial charge in [-0.25, -0.2) is 4.79 Å². The summed E-state index contributed by atoms with van der Waals surface area (Å²) in [6, 6.07) is 14.4. The van der Waals surface area contributed by atoms with Crippen LogP contribution in [0.4, 0.5) is 11.4 Å². The van der Waals surface area contributed by atoms with Crippen molar-refractivity contribution in [2.45, 2.75) is 25.4 Å². The summed E-state index contributed by atoms with van der Waals surface area (Å²) >= 11 is 0. The van der Waals surface area contributed by atoms with E-state index in [2.05, 4.69) is 15.5 Å². The number of ether oxygens (including phenoxy) is 1. The molecule has 0 spiro atoms. The lowest BCUT2D eigenvalue weighted by Crippen LogP contribution is -2.43. The summed E-state index contributed by atoms with van der Waals surface area (Å²) in [5.74, 6) is -1.02. The van der Waals surface area contributed by atoms with E-state index in [1.807, 2.05) is 36.4 Å². The lowest BCUT2D eigenvalue weighted by atomic mass is 10.1. The van der Waals surface area contributed by atoms with Crippen LogP contribution < -0.4 is 15.5 Å². The third-order valence-electron chi connectivity index (χ3n) is 5.02. The molecule has 2 heterocycles. The number of nitrogens with one attached hydrogen (secondary N) is 2. The number of anilines is 2. The summed E-state index contributed by atoms with van der Waals surface area (Å²) in [6.45, 7) is 0.846. The first-order chi connectivity index (χ1) is 13.6. The fourth-order valence-electron chi connectivity index (χ4n) is 3.62. The van der Waals surface area contributed by atoms with Crippen LogP contribution in [0.25, 0.3) is 0 Å². The molecule has 2 aliphatic heterocycles. The zero-order valence-corrected chi connectivity index (χ0v) is 15.3. The second-order valence-corrected chi connectivity index (χ2v) is 6.91. The van der Waals surface area contributed by atoms with Crippen LogP contribution in [-0.2, 0) is 20.9 Å². The highest BCUT2D eigenvalue weighted by molar-refractivity contribution is 6.05. The van der Waals surface area contributed by atoms with Crippen molar-refractivity contribution < 1.29 is 19.1 Å². The number of hydrogen-bond donors (Lipinski definition) is 2. The van der Waals surface area contributed by atoms with E-state index >= 15 is 0 Å². The van der Waals surface area contributed by atoms with Crippen LogP contribution in [0.2, 0.25) is 0 Å². The highest BCUT2D eigenvalue weighted by Gasteiger charge is 2.36. The molecule has 2 N–H and O–H groups in total. The van der Waals surface area contributed by atoms with Crippen molar-refractivity contribution >= 4 is 29.2 Å². The number of amides is 2. The molecule has 7 heteroatoms. The first kappa shape index (κ1) is 18.0. The molecule has 2 amide bonds. The maximum atomic E-state index is 12.3. The van der Waals surface area contributed by atoms with Crippen LogP contribution in [0, 0.1) is 0 Å². The zero-order chi connectivity index (χ0) is 19.5. The lowest BCUT2D eigenvalue weighted by molar-refractivity contribution is -0.124. The zero-order valence-electron chi connectivity index (χ0n) is 15.3. The van der Waals surface area contributed by atoms with Gasteiger partial charge < -0.3 is 20.3 Å². The van der Waals surface area contributed by atoms with Gasteiger partial charge in [0, 0.05) is 13.1 Å². The van der Waals surface area contributed by atoms with E-state index in [1.165, 1.54) is 0 Å². The number of rotatable bonds is 5. The molecule has 2 aliphatic rings. The van der Waals surface area contributed by atoms with Crippen LogP contribution >= 0.6 is 0 Å². The largest absolute Gasteiger partial charge is 0.452 e. The summed E-state index contributed by atoms with van der Waals surface area (Å²) in [4.78, 5) is 38.5. The quantitative estimate of drug-likeness (QED) is 0.777. The third-order valence-corrected chi connectivity index (χ3v) is 5.02. The molecule has 0 bridgehead atoms. The van der Waals surface area contributed by atoms with Crippen LogP contribution in [0.1, 0.15) is 28.8 Å². The van der Waals surface area contributed by atoms with Gasteiger partial charge in [-0.2, -0.15) is 0 Å². The summed E-state index contributed by atoms with van der Waals surface area (Å²) in [7, 11) is 0. The average molecular weight is 379 g/mol. The maximum Gasteiger partial charge on any atom is 0.338 e. The Morgan fingerprint density at radius 3 is 2.82 bits per heavy atom. The SMILES string of the molecule is O=C(COC(=O)c1ccc2c(c1)NC(=O)[C@@H]1CCCN21)NCc1ccccc1. The molecule has 0 saturated carbocycles. The number of carbonyl (C=O) groups excluding carboxylic acids is 3. The number of nitrogens with zero attached hydrogens (tertiary/aromatic N) is 1. The van der Waals surface area contributed by atoms with Gasteiger partial charge in [0.1, 0.15) is 6.04 Å². The molecule has 1 saturated heterocycles. The molecule has 1 fully saturated rings. The molecule has 4 rings (SSSR count). The molecule has 28 heavy (non-hydrogen) atoms. The minimum Gasteiger partial charge on any atom is -0.452 e. The Balaban J connectivity index is 1.34. The Labute approximate surface area is 162 Å². The smallest absolute Gasteiger partial charge is 0.338 e. The van der Waals surface area contributed by atoms with Crippen molar-refractivity contribution in [1.29, 1.82) is 0 Å². The predicted molar refractivity (Wildman–Crippen MR) is 104 cm³/mol. The van der Waals surface area contributed by atoms with Crippen molar-refractivity contribution in [2.24, 2.45) is 0 Å². The number of benzene rings is 2. The van der Waals surface area contributed by atoms with Gasteiger partial charge in [-0.05, 0) is 36.6 Å². The predicted octanol–water partition coefficient (Wildman–Crippen LogP) is 2.08. The van der Waals surface area contributed by atoms with E-state index in [4.69, 9.17) is 4.74 Å². The van der Waals surface area contributed by atoms with Gasteiger partial charge in [0.05, 0.1) is 16.9 Å². The molecule has 2 aromatic rings. The Morgan fingerprint density at radius 2 is 2.00 bits per heavy atom. The highest BCUT2D eigenvalue weighted by atomic mass is 16.5. The summed E-state index contributed by atoms with van der Waals surface area (Å²) in [5, 5.41) is 5.57. The number of carbonyl (C=O) groups is 3. The first-order valence-electron chi connectivity index (χ1n) is 9.31. The van der Waals surface area contributed by atoms with E-state index in [-0.39, 0.29) is 24.5 Å². The fourth-order valence-corrected chi connectivity index (χ4v) is 3.62. The molecule has 0 radical (unpaired) electrons. The van der Waals surface area contributed by atoms with Crippen LogP contribution in [0.3, 0.4) is 0 Å². The fraction of sp³-hybridized carbons (Fsp3) is 0.286. The van der Waals surface area contributed by atoms with Gasteiger partial charge in [0.15, 0.2) is 6.61 Å². The van der Waals surface area contributed by atoms with E-state index in [0.717, 1.165) is 30.6 Å². The van der Waals surface area contributed by atoms with Crippen molar-refractivity contribution in [3.8, 4) is 0 Å². The molecule has 144 valence electrons. The van der Waals surface area contributed by atoms with E-state index < -0.39 is 5.97 Å². The molecular weight excluding hydrogens is 358 g/mol. The van der Waals surface area contributed by atoms with E-state index in [1.54, 1.807) is 12.1 Å². The lowest BCUT2D eigenvalue weighted by Gasteiger charge is -2.33. The Hall–Kier alpha value is -3.35. The van der Waals surface area contributed by atoms with Crippen molar-refractivity contribution in [3.63, 3.8) is 0 Å². The third kappa shape index (κ3) is 3.69.